The highest BCUT2D eigenvalue weighted by Gasteiger charge is 2.18. The minimum atomic E-state index is -0.307. The molecule has 4 rings (SSSR count). The number of anilines is 1. The zero-order chi connectivity index (χ0) is 20.9. The molecule has 1 aliphatic heterocycles. The molecule has 0 saturated heterocycles. The molecule has 1 aromatic heterocycles. The van der Waals surface area contributed by atoms with E-state index in [1.165, 1.54) is 4.68 Å². The van der Waals surface area contributed by atoms with Crippen LogP contribution in [-0.2, 0) is 30.9 Å². The number of benzene rings is 2. The second-order valence-electron chi connectivity index (χ2n) is 7.64. The maximum atomic E-state index is 12.7. The monoisotopic (exact) mass is 406 g/mol. The lowest BCUT2D eigenvalue weighted by Gasteiger charge is -2.13. The summed E-state index contributed by atoms with van der Waals surface area (Å²) < 4.78 is 8.91. The lowest BCUT2D eigenvalue weighted by atomic mass is 10.2. The van der Waals surface area contributed by atoms with Crippen molar-refractivity contribution in [1.29, 1.82) is 0 Å². The molecule has 7 heteroatoms. The number of ether oxygens (including phenoxy) is 1. The second-order valence-corrected chi connectivity index (χ2v) is 7.64. The number of amides is 1. The number of aromatic nitrogens is 3. The predicted octanol–water partition coefficient (Wildman–Crippen LogP) is 3.30. The Labute approximate surface area is 175 Å². The number of carbonyl (C=O) groups is 1. The minimum Gasteiger partial charge on any atom is -0.487 e. The first kappa shape index (κ1) is 19.9. The molecule has 0 aliphatic carbocycles. The Morgan fingerprint density at radius 3 is 2.80 bits per heavy atom. The standard InChI is InChI=1S/C23H26N4O3/c1-17-11-12-19(20(14-17)30-16-18-8-4-2-5-9-18)24-22(28)15-27-23(29)26-13-7-3-6-10-21(26)25-27/h2,4-5,8-9,11-12,14H,3,6-7,10,13,15-16H2,1H3,(H,24,28). The Morgan fingerprint density at radius 1 is 1.13 bits per heavy atom. The summed E-state index contributed by atoms with van der Waals surface area (Å²) in [5, 5.41) is 7.25. The van der Waals surface area contributed by atoms with E-state index >= 15 is 0 Å². The van der Waals surface area contributed by atoms with Crippen LogP contribution in [0.3, 0.4) is 0 Å². The van der Waals surface area contributed by atoms with Gasteiger partial charge in [-0.25, -0.2) is 9.48 Å². The van der Waals surface area contributed by atoms with Crippen molar-refractivity contribution >= 4 is 11.6 Å². The Balaban J connectivity index is 1.46. The van der Waals surface area contributed by atoms with Gasteiger partial charge in [-0.3, -0.25) is 9.36 Å². The fourth-order valence-electron chi connectivity index (χ4n) is 3.64. The van der Waals surface area contributed by atoms with Crippen LogP contribution in [0.1, 0.15) is 36.2 Å². The number of nitrogens with zero attached hydrogens (tertiary/aromatic N) is 3. The topological polar surface area (TPSA) is 78.2 Å². The van der Waals surface area contributed by atoms with Crippen molar-refractivity contribution in [2.45, 2.75) is 52.3 Å². The SMILES string of the molecule is Cc1ccc(NC(=O)Cn2nc3n(c2=O)CCCCC3)c(OCc2ccccc2)c1. The van der Waals surface area contributed by atoms with E-state index in [0.717, 1.165) is 42.6 Å². The van der Waals surface area contributed by atoms with Gasteiger partial charge in [-0.1, -0.05) is 42.8 Å². The molecule has 7 nitrogen and oxygen atoms in total. The molecule has 0 unspecified atom stereocenters. The Kier molecular flexibility index (Phi) is 5.97. The smallest absolute Gasteiger partial charge is 0.346 e. The molecular weight excluding hydrogens is 380 g/mol. The molecule has 1 aliphatic rings. The van der Waals surface area contributed by atoms with Gasteiger partial charge in [0.15, 0.2) is 0 Å². The molecule has 3 aromatic rings. The second kappa shape index (κ2) is 8.98. The fraction of sp³-hybridized carbons (Fsp3) is 0.348. The summed E-state index contributed by atoms with van der Waals surface area (Å²) in [6.45, 7) is 2.93. The molecule has 0 atom stereocenters. The number of hydrogen-bond donors (Lipinski definition) is 1. The molecular formula is C23H26N4O3. The number of fused-ring (bicyclic) bond motifs is 1. The van der Waals surface area contributed by atoms with E-state index in [2.05, 4.69) is 10.4 Å². The summed E-state index contributed by atoms with van der Waals surface area (Å²) in [4.78, 5) is 25.2. The third-order valence-corrected chi connectivity index (χ3v) is 5.22. The number of nitrogens with one attached hydrogen (secondary N) is 1. The highest BCUT2D eigenvalue weighted by Crippen LogP contribution is 2.26. The zero-order valence-corrected chi connectivity index (χ0v) is 17.1. The summed E-state index contributed by atoms with van der Waals surface area (Å²) in [5.41, 5.74) is 2.44. The summed E-state index contributed by atoms with van der Waals surface area (Å²) >= 11 is 0. The van der Waals surface area contributed by atoms with Gasteiger partial charge in [0.1, 0.15) is 24.7 Å². The van der Waals surface area contributed by atoms with Gasteiger partial charge in [-0.05, 0) is 43.0 Å². The van der Waals surface area contributed by atoms with E-state index in [9.17, 15) is 9.59 Å². The molecule has 0 spiro atoms. The molecule has 0 fully saturated rings. The molecule has 0 bridgehead atoms. The van der Waals surface area contributed by atoms with Gasteiger partial charge < -0.3 is 10.1 Å². The first-order valence-corrected chi connectivity index (χ1v) is 10.3. The maximum Gasteiger partial charge on any atom is 0.346 e. The molecule has 0 radical (unpaired) electrons. The van der Waals surface area contributed by atoms with Crippen LogP contribution in [0.2, 0.25) is 0 Å². The first-order chi connectivity index (χ1) is 14.6. The third-order valence-electron chi connectivity index (χ3n) is 5.22. The van der Waals surface area contributed by atoms with Gasteiger partial charge in [0, 0.05) is 13.0 Å². The Hall–Kier alpha value is -3.35. The summed E-state index contributed by atoms with van der Waals surface area (Å²) in [7, 11) is 0. The van der Waals surface area contributed by atoms with Gasteiger partial charge in [-0.15, -0.1) is 0 Å². The number of aryl methyl sites for hydroxylation is 2. The van der Waals surface area contributed by atoms with E-state index in [4.69, 9.17) is 4.74 Å². The highest BCUT2D eigenvalue weighted by atomic mass is 16.5. The number of rotatable bonds is 6. The van der Waals surface area contributed by atoms with Gasteiger partial charge in [-0.2, -0.15) is 5.10 Å². The molecule has 0 saturated carbocycles. The summed E-state index contributed by atoms with van der Waals surface area (Å²) in [6, 6.07) is 15.5. The molecule has 2 aromatic carbocycles. The molecule has 1 amide bonds. The van der Waals surface area contributed by atoms with Crippen LogP contribution in [0.4, 0.5) is 5.69 Å². The van der Waals surface area contributed by atoms with Crippen LogP contribution < -0.4 is 15.7 Å². The molecule has 156 valence electrons. The largest absolute Gasteiger partial charge is 0.487 e. The van der Waals surface area contributed by atoms with E-state index in [0.29, 0.717) is 24.6 Å². The molecule has 1 N–H and O–H groups in total. The van der Waals surface area contributed by atoms with Crippen LogP contribution in [-0.4, -0.2) is 20.3 Å². The van der Waals surface area contributed by atoms with E-state index < -0.39 is 0 Å². The van der Waals surface area contributed by atoms with Gasteiger partial charge in [0.25, 0.3) is 0 Å². The molecule has 2 heterocycles. The van der Waals surface area contributed by atoms with Crippen LogP contribution in [0.5, 0.6) is 5.75 Å². The van der Waals surface area contributed by atoms with Crippen LogP contribution >= 0.6 is 0 Å². The first-order valence-electron chi connectivity index (χ1n) is 10.3. The maximum absolute atomic E-state index is 12.7. The van der Waals surface area contributed by atoms with Crippen molar-refractivity contribution in [3.8, 4) is 5.75 Å². The summed E-state index contributed by atoms with van der Waals surface area (Å²) in [5.74, 6) is 1.06. The fourth-order valence-corrected chi connectivity index (χ4v) is 3.64. The quantitative estimate of drug-likeness (QED) is 0.681. The van der Waals surface area contributed by atoms with Crippen molar-refractivity contribution in [2.24, 2.45) is 0 Å². The van der Waals surface area contributed by atoms with Gasteiger partial charge >= 0.3 is 5.69 Å². The predicted molar refractivity (Wildman–Crippen MR) is 115 cm³/mol. The van der Waals surface area contributed by atoms with Crippen molar-refractivity contribution in [2.75, 3.05) is 5.32 Å². The lowest BCUT2D eigenvalue weighted by Crippen LogP contribution is -2.30. The zero-order valence-electron chi connectivity index (χ0n) is 17.1. The van der Waals surface area contributed by atoms with E-state index in [1.807, 2.05) is 55.5 Å². The van der Waals surface area contributed by atoms with Crippen LogP contribution in [0.15, 0.2) is 53.3 Å². The van der Waals surface area contributed by atoms with E-state index in [-0.39, 0.29) is 18.1 Å². The Bertz CT molecular complexity index is 1090. The van der Waals surface area contributed by atoms with Crippen molar-refractivity contribution in [1.82, 2.24) is 14.3 Å². The Morgan fingerprint density at radius 2 is 1.97 bits per heavy atom. The van der Waals surface area contributed by atoms with Crippen LogP contribution in [0.25, 0.3) is 0 Å². The van der Waals surface area contributed by atoms with Crippen molar-refractivity contribution in [3.05, 3.63) is 76.0 Å². The average molecular weight is 406 g/mol. The normalized spacial score (nSPS) is 13.4. The van der Waals surface area contributed by atoms with Gasteiger partial charge in [0.05, 0.1) is 5.69 Å². The highest BCUT2D eigenvalue weighted by molar-refractivity contribution is 5.92. The average Bonchev–Trinajstić information content (AvgIpc) is 2.91. The minimum absolute atomic E-state index is 0.120. The number of hydrogen-bond acceptors (Lipinski definition) is 4. The third kappa shape index (κ3) is 4.62. The number of carbonyl (C=O) groups excluding carboxylic acids is 1. The summed E-state index contributed by atoms with van der Waals surface area (Å²) in [6.07, 6.45) is 3.87. The van der Waals surface area contributed by atoms with Crippen molar-refractivity contribution in [3.63, 3.8) is 0 Å². The van der Waals surface area contributed by atoms with Gasteiger partial charge in [0.2, 0.25) is 5.91 Å². The molecule has 30 heavy (non-hydrogen) atoms. The lowest BCUT2D eigenvalue weighted by molar-refractivity contribution is -0.117. The van der Waals surface area contributed by atoms with E-state index in [1.54, 1.807) is 4.57 Å². The van der Waals surface area contributed by atoms with Crippen LogP contribution in [0, 0.1) is 6.92 Å². The van der Waals surface area contributed by atoms with Crippen molar-refractivity contribution < 1.29 is 9.53 Å².